The Labute approximate surface area is 103 Å². The summed E-state index contributed by atoms with van der Waals surface area (Å²) in [5.74, 6) is 2.61. The number of ether oxygens (including phenoxy) is 1. The molecule has 96 valence electrons. The topological polar surface area (TPSA) is 41.6 Å². The number of carbonyl (C=O) groups is 1. The van der Waals surface area contributed by atoms with Gasteiger partial charge in [-0.15, -0.1) is 0 Å². The molecule has 1 heterocycles. The lowest BCUT2D eigenvalue weighted by molar-refractivity contribution is 0.0528. The van der Waals surface area contributed by atoms with Crippen molar-refractivity contribution in [2.45, 2.75) is 25.7 Å². The predicted octanol–water partition coefficient (Wildman–Crippen LogP) is 1.46. The van der Waals surface area contributed by atoms with Crippen molar-refractivity contribution in [1.82, 2.24) is 10.2 Å². The summed E-state index contributed by atoms with van der Waals surface area (Å²) in [5.41, 5.74) is 0. The van der Waals surface area contributed by atoms with Crippen LogP contribution in [0.25, 0.3) is 0 Å². The fraction of sp³-hybridized carbons (Fsp3) is 0.923. The number of carbonyl (C=O) groups excluding carboxylic acids is 1. The van der Waals surface area contributed by atoms with E-state index in [9.17, 15) is 4.79 Å². The average Bonchev–Trinajstić information content (AvgIpc) is 2.99. The predicted molar refractivity (Wildman–Crippen MR) is 64.7 cm³/mol. The van der Waals surface area contributed by atoms with Gasteiger partial charge in [-0.25, -0.2) is 4.79 Å². The summed E-state index contributed by atoms with van der Waals surface area (Å²) < 4.78 is 5.25. The molecule has 1 saturated heterocycles. The van der Waals surface area contributed by atoms with Crippen molar-refractivity contribution in [3.05, 3.63) is 0 Å². The number of amides is 2. The van der Waals surface area contributed by atoms with Crippen molar-refractivity contribution in [3.8, 4) is 0 Å². The summed E-state index contributed by atoms with van der Waals surface area (Å²) in [6, 6.07) is 0.107. The lowest BCUT2D eigenvalue weighted by atomic mass is 9.89. The Bertz CT molecular complexity index is 289. The summed E-state index contributed by atoms with van der Waals surface area (Å²) in [4.78, 5) is 13.8. The van der Waals surface area contributed by atoms with E-state index in [1.807, 2.05) is 4.90 Å². The zero-order valence-electron chi connectivity index (χ0n) is 10.4. The van der Waals surface area contributed by atoms with Gasteiger partial charge in [-0.05, 0) is 37.0 Å². The highest BCUT2D eigenvalue weighted by Crippen LogP contribution is 2.47. The van der Waals surface area contributed by atoms with Crippen LogP contribution in [0.1, 0.15) is 25.7 Å². The second-order valence-electron chi connectivity index (χ2n) is 5.72. The van der Waals surface area contributed by atoms with Crippen LogP contribution in [0.5, 0.6) is 0 Å². The number of nitrogens with zero attached hydrogens (tertiary/aromatic N) is 1. The molecule has 0 unspecified atom stereocenters. The van der Waals surface area contributed by atoms with Gasteiger partial charge in [0.05, 0.1) is 13.2 Å². The van der Waals surface area contributed by atoms with Crippen LogP contribution in [0.3, 0.4) is 0 Å². The van der Waals surface area contributed by atoms with Crippen LogP contribution in [-0.4, -0.2) is 43.8 Å². The molecule has 2 bridgehead atoms. The SMILES string of the molecule is O=C(NC[C@H]1C[C@H]2CC[C@H]1C2)N1CCOCC1. The third-order valence-corrected chi connectivity index (χ3v) is 4.70. The number of morpholine rings is 1. The molecule has 0 aromatic carbocycles. The van der Waals surface area contributed by atoms with Crippen molar-refractivity contribution in [2.75, 3.05) is 32.8 Å². The fourth-order valence-corrected chi connectivity index (χ4v) is 3.72. The first-order valence-electron chi connectivity index (χ1n) is 6.93. The maximum atomic E-state index is 11.9. The molecular formula is C13H22N2O2. The highest BCUT2D eigenvalue weighted by Gasteiger charge is 2.39. The Hall–Kier alpha value is -0.770. The van der Waals surface area contributed by atoms with Crippen molar-refractivity contribution < 1.29 is 9.53 Å². The van der Waals surface area contributed by atoms with Gasteiger partial charge >= 0.3 is 6.03 Å². The number of hydrogen-bond donors (Lipinski definition) is 1. The van der Waals surface area contributed by atoms with Crippen LogP contribution in [0, 0.1) is 17.8 Å². The summed E-state index contributed by atoms with van der Waals surface area (Å²) in [5, 5.41) is 3.11. The first-order chi connectivity index (χ1) is 8.33. The molecule has 0 aromatic rings. The van der Waals surface area contributed by atoms with Crippen LogP contribution in [0.4, 0.5) is 4.79 Å². The van der Waals surface area contributed by atoms with Crippen LogP contribution in [0.2, 0.25) is 0 Å². The molecule has 3 rings (SSSR count). The maximum Gasteiger partial charge on any atom is 0.317 e. The number of urea groups is 1. The molecule has 0 radical (unpaired) electrons. The quantitative estimate of drug-likeness (QED) is 0.791. The largest absolute Gasteiger partial charge is 0.378 e. The second kappa shape index (κ2) is 4.84. The van der Waals surface area contributed by atoms with E-state index in [2.05, 4.69) is 5.32 Å². The van der Waals surface area contributed by atoms with Crippen LogP contribution in [-0.2, 0) is 4.74 Å². The minimum Gasteiger partial charge on any atom is -0.378 e. The number of fused-ring (bicyclic) bond motifs is 2. The molecule has 3 aliphatic rings. The normalized spacial score (nSPS) is 36.2. The summed E-state index contributed by atoms with van der Waals surface area (Å²) in [7, 11) is 0. The Balaban J connectivity index is 1.43. The van der Waals surface area contributed by atoms with Crippen molar-refractivity contribution in [1.29, 1.82) is 0 Å². The van der Waals surface area contributed by atoms with Gasteiger partial charge < -0.3 is 15.0 Å². The first kappa shape index (κ1) is 11.3. The molecule has 2 amide bonds. The Morgan fingerprint density at radius 2 is 2.06 bits per heavy atom. The number of hydrogen-bond acceptors (Lipinski definition) is 2. The van der Waals surface area contributed by atoms with E-state index >= 15 is 0 Å². The van der Waals surface area contributed by atoms with Gasteiger partial charge in [0.1, 0.15) is 0 Å². The minimum absolute atomic E-state index is 0.107. The highest BCUT2D eigenvalue weighted by atomic mass is 16.5. The van der Waals surface area contributed by atoms with Gasteiger partial charge in [-0.2, -0.15) is 0 Å². The Kier molecular flexibility index (Phi) is 3.23. The van der Waals surface area contributed by atoms with Crippen molar-refractivity contribution >= 4 is 6.03 Å². The van der Waals surface area contributed by atoms with Gasteiger partial charge in [0.25, 0.3) is 0 Å². The van der Waals surface area contributed by atoms with E-state index in [-0.39, 0.29) is 6.03 Å². The van der Waals surface area contributed by atoms with Gasteiger partial charge in [-0.3, -0.25) is 0 Å². The van der Waals surface area contributed by atoms with Gasteiger partial charge in [0, 0.05) is 19.6 Å². The van der Waals surface area contributed by atoms with Crippen molar-refractivity contribution in [3.63, 3.8) is 0 Å². The summed E-state index contributed by atoms with van der Waals surface area (Å²) in [6.07, 6.45) is 5.58. The zero-order chi connectivity index (χ0) is 11.7. The molecule has 0 spiro atoms. The monoisotopic (exact) mass is 238 g/mol. The average molecular weight is 238 g/mol. The van der Waals surface area contributed by atoms with E-state index in [0.29, 0.717) is 13.2 Å². The molecule has 4 heteroatoms. The fourth-order valence-electron chi connectivity index (χ4n) is 3.72. The Morgan fingerprint density at radius 1 is 1.24 bits per heavy atom. The number of nitrogens with one attached hydrogen (secondary N) is 1. The summed E-state index contributed by atoms with van der Waals surface area (Å²) in [6.45, 7) is 3.73. The van der Waals surface area contributed by atoms with Crippen molar-refractivity contribution in [2.24, 2.45) is 17.8 Å². The third-order valence-electron chi connectivity index (χ3n) is 4.70. The van der Waals surface area contributed by atoms with E-state index in [0.717, 1.165) is 37.4 Å². The van der Waals surface area contributed by atoms with Gasteiger partial charge in [0.15, 0.2) is 0 Å². The van der Waals surface area contributed by atoms with Crippen LogP contribution >= 0.6 is 0 Å². The molecule has 4 nitrogen and oxygen atoms in total. The van der Waals surface area contributed by atoms with Crippen LogP contribution < -0.4 is 5.32 Å². The molecule has 2 saturated carbocycles. The molecule has 2 aliphatic carbocycles. The molecule has 1 N–H and O–H groups in total. The van der Waals surface area contributed by atoms with Gasteiger partial charge in [-0.1, -0.05) is 6.42 Å². The minimum atomic E-state index is 0.107. The molecule has 17 heavy (non-hydrogen) atoms. The molecule has 1 aliphatic heterocycles. The van der Waals surface area contributed by atoms with E-state index in [1.54, 1.807) is 0 Å². The first-order valence-corrected chi connectivity index (χ1v) is 6.93. The van der Waals surface area contributed by atoms with E-state index in [1.165, 1.54) is 25.7 Å². The van der Waals surface area contributed by atoms with Gasteiger partial charge in [0.2, 0.25) is 0 Å². The van der Waals surface area contributed by atoms with E-state index in [4.69, 9.17) is 4.74 Å². The lowest BCUT2D eigenvalue weighted by Gasteiger charge is -2.28. The molecule has 3 fully saturated rings. The molecular weight excluding hydrogens is 216 g/mol. The lowest BCUT2D eigenvalue weighted by Crippen LogP contribution is -2.47. The maximum absolute atomic E-state index is 11.9. The summed E-state index contributed by atoms with van der Waals surface area (Å²) >= 11 is 0. The molecule has 3 atom stereocenters. The molecule has 0 aromatic heterocycles. The second-order valence-corrected chi connectivity index (χ2v) is 5.72. The number of rotatable bonds is 2. The van der Waals surface area contributed by atoms with E-state index < -0.39 is 0 Å². The zero-order valence-corrected chi connectivity index (χ0v) is 10.4. The van der Waals surface area contributed by atoms with Crippen LogP contribution in [0.15, 0.2) is 0 Å². The Morgan fingerprint density at radius 3 is 2.71 bits per heavy atom. The smallest absolute Gasteiger partial charge is 0.317 e. The highest BCUT2D eigenvalue weighted by molar-refractivity contribution is 5.74. The standard InChI is InChI=1S/C13H22N2O2/c16-13(15-3-5-17-6-4-15)14-9-12-8-10-1-2-11(12)7-10/h10-12H,1-9H2,(H,14,16)/t10-,11-,12+/m0/s1. The third kappa shape index (κ3) is 2.41.